The predicted octanol–water partition coefficient (Wildman–Crippen LogP) is -0.818. The lowest BCUT2D eigenvalue weighted by Crippen LogP contribution is -2.55. The van der Waals surface area contributed by atoms with Crippen molar-refractivity contribution in [1.82, 2.24) is 0 Å². The summed E-state index contributed by atoms with van der Waals surface area (Å²) in [5.74, 6) is -0.659. The Morgan fingerprint density at radius 2 is 2.13 bits per heavy atom. The van der Waals surface area contributed by atoms with Crippen LogP contribution in [0.1, 0.15) is 6.92 Å². The molecule has 1 aliphatic carbocycles. The summed E-state index contributed by atoms with van der Waals surface area (Å²) in [6.07, 6.45) is -0.110. The van der Waals surface area contributed by atoms with Gasteiger partial charge in [-0.15, -0.1) is 0 Å². The fraction of sp³-hybridized carbons (Fsp3) is 0.700. The summed E-state index contributed by atoms with van der Waals surface area (Å²) in [7, 11) is 0. The molecule has 3 rings (SSSR count). The van der Waals surface area contributed by atoms with Crippen molar-refractivity contribution < 1.29 is 24.5 Å². The first kappa shape index (κ1) is 9.33. The van der Waals surface area contributed by atoms with Crippen LogP contribution in [0, 0.1) is 11.3 Å². The third-order valence-corrected chi connectivity index (χ3v) is 3.74. The molecule has 0 saturated carbocycles. The van der Waals surface area contributed by atoms with Crippen LogP contribution < -0.4 is 0 Å². The van der Waals surface area contributed by atoms with E-state index >= 15 is 0 Å². The van der Waals surface area contributed by atoms with Gasteiger partial charge in [0.05, 0.1) is 6.10 Å². The molecule has 1 spiro atoms. The molecule has 0 amide bonds. The van der Waals surface area contributed by atoms with E-state index in [9.17, 15) is 15.0 Å². The monoisotopic (exact) mass is 212 g/mol. The third kappa shape index (κ3) is 0.828. The van der Waals surface area contributed by atoms with Gasteiger partial charge < -0.3 is 19.7 Å². The van der Waals surface area contributed by atoms with E-state index in [-0.39, 0.29) is 5.92 Å². The van der Waals surface area contributed by atoms with Crippen molar-refractivity contribution in [2.24, 2.45) is 11.3 Å². The molecule has 2 fully saturated rings. The third-order valence-electron chi connectivity index (χ3n) is 3.74. The van der Waals surface area contributed by atoms with Crippen LogP contribution in [0.25, 0.3) is 0 Å². The second-order valence-electron chi connectivity index (χ2n) is 4.37. The summed E-state index contributed by atoms with van der Waals surface area (Å²) in [5, 5.41) is 19.7. The smallest absolute Gasteiger partial charge is 0.320 e. The van der Waals surface area contributed by atoms with E-state index in [4.69, 9.17) is 9.47 Å². The normalized spacial score (nSPS) is 56.7. The molecule has 2 bridgehead atoms. The van der Waals surface area contributed by atoms with Crippen molar-refractivity contribution in [2.75, 3.05) is 0 Å². The van der Waals surface area contributed by atoms with Gasteiger partial charge in [-0.05, 0) is 5.92 Å². The zero-order valence-electron chi connectivity index (χ0n) is 8.16. The summed E-state index contributed by atoms with van der Waals surface area (Å²) in [4.78, 5) is 11.8. The molecule has 2 N–H and O–H groups in total. The standard InChI is InChI=1S/C10H12O5/c1-4-2-3-5(11)7-10(4)6(12)8(14-7)15-9(10)13/h2-8,11-12H,1H3/t4-,5+,6-,7?,8?,10?/m1/s1. The Bertz CT molecular complexity index is 352. The minimum Gasteiger partial charge on any atom is -0.432 e. The Morgan fingerprint density at radius 1 is 1.40 bits per heavy atom. The zero-order valence-corrected chi connectivity index (χ0v) is 8.16. The van der Waals surface area contributed by atoms with Gasteiger partial charge in [-0.3, -0.25) is 4.79 Å². The lowest BCUT2D eigenvalue weighted by atomic mass is 9.66. The Morgan fingerprint density at radius 3 is 2.73 bits per heavy atom. The van der Waals surface area contributed by atoms with E-state index in [2.05, 4.69) is 0 Å². The number of esters is 1. The maximum absolute atomic E-state index is 11.8. The first-order valence-electron chi connectivity index (χ1n) is 4.99. The topological polar surface area (TPSA) is 76.0 Å². The van der Waals surface area contributed by atoms with Crippen LogP contribution in [0.3, 0.4) is 0 Å². The van der Waals surface area contributed by atoms with Crippen molar-refractivity contribution in [3.8, 4) is 0 Å². The number of fused-ring (bicyclic) bond motifs is 1. The largest absolute Gasteiger partial charge is 0.432 e. The van der Waals surface area contributed by atoms with Crippen LogP contribution >= 0.6 is 0 Å². The number of aliphatic hydroxyl groups excluding tert-OH is 2. The van der Waals surface area contributed by atoms with Gasteiger partial charge in [0.15, 0.2) is 0 Å². The number of hydrogen-bond acceptors (Lipinski definition) is 5. The molecule has 0 aromatic rings. The molecule has 0 radical (unpaired) electrons. The van der Waals surface area contributed by atoms with Gasteiger partial charge in [0, 0.05) is 0 Å². The molecule has 0 aromatic carbocycles. The summed E-state index contributed by atoms with van der Waals surface area (Å²) in [5.41, 5.74) is -1.11. The van der Waals surface area contributed by atoms with E-state index < -0.39 is 36.0 Å². The Labute approximate surface area is 86.3 Å². The van der Waals surface area contributed by atoms with Crippen LogP contribution in [-0.2, 0) is 14.3 Å². The van der Waals surface area contributed by atoms with Gasteiger partial charge in [0.25, 0.3) is 0 Å². The van der Waals surface area contributed by atoms with E-state index in [1.807, 2.05) is 6.92 Å². The Kier molecular flexibility index (Phi) is 1.62. The van der Waals surface area contributed by atoms with Crippen LogP contribution in [0.2, 0.25) is 0 Å². The van der Waals surface area contributed by atoms with E-state index in [1.54, 1.807) is 12.2 Å². The minimum absolute atomic E-state index is 0.194. The SMILES string of the molecule is C[C@@H]1C=C[C@H](O)C2OC3OC(=O)C21[C@@H]3O. The molecule has 82 valence electrons. The average molecular weight is 212 g/mol. The zero-order chi connectivity index (χ0) is 10.8. The van der Waals surface area contributed by atoms with Crippen LogP contribution in [0.5, 0.6) is 0 Å². The molecule has 2 heterocycles. The molecule has 5 heteroatoms. The predicted molar refractivity (Wildman–Crippen MR) is 47.5 cm³/mol. The van der Waals surface area contributed by atoms with E-state index in [1.165, 1.54) is 0 Å². The molecular weight excluding hydrogens is 200 g/mol. The molecule has 2 aliphatic heterocycles. The van der Waals surface area contributed by atoms with Crippen molar-refractivity contribution >= 4 is 5.97 Å². The molecular formula is C10H12O5. The maximum atomic E-state index is 11.8. The fourth-order valence-electron chi connectivity index (χ4n) is 2.88. The van der Waals surface area contributed by atoms with Crippen molar-refractivity contribution in [1.29, 1.82) is 0 Å². The number of carbonyl (C=O) groups excluding carboxylic acids is 1. The number of rotatable bonds is 0. The van der Waals surface area contributed by atoms with E-state index in [0.717, 1.165) is 0 Å². The number of hydrogen-bond donors (Lipinski definition) is 2. The molecule has 5 nitrogen and oxygen atoms in total. The molecule has 15 heavy (non-hydrogen) atoms. The van der Waals surface area contributed by atoms with E-state index in [0.29, 0.717) is 0 Å². The number of ether oxygens (including phenoxy) is 2. The highest BCUT2D eigenvalue weighted by molar-refractivity contribution is 5.83. The van der Waals surface area contributed by atoms with Crippen LogP contribution in [-0.4, -0.2) is 40.8 Å². The Balaban J connectivity index is 2.15. The highest BCUT2D eigenvalue weighted by Crippen LogP contribution is 2.54. The Hall–Kier alpha value is -0.910. The first-order valence-corrected chi connectivity index (χ1v) is 4.99. The highest BCUT2D eigenvalue weighted by atomic mass is 16.7. The summed E-state index contributed by atoms with van der Waals surface area (Å²) in [6, 6.07) is 0. The van der Waals surface area contributed by atoms with Gasteiger partial charge in [0.2, 0.25) is 6.29 Å². The number of aliphatic hydroxyl groups is 2. The van der Waals surface area contributed by atoms with Gasteiger partial charge in [-0.1, -0.05) is 19.1 Å². The van der Waals surface area contributed by atoms with Crippen molar-refractivity contribution in [3.63, 3.8) is 0 Å². The second-order valence-corrected chi connectivity index (χ2v) is 4.37. The summed E-state index contributed by atoms with van der Waals surface area (Å²) < 4.78 is 10.2. The minimum atomic E-state index is -1.11. The van der Waals surface area contributed by atoms with Gasteiger partial charge in [0.1, 0.15) is 17.6 Å². The quantitative estimate of drug-likeness (QED) is 0.405. The van der Waals surface area contributed by atoms with Gasteiger partial charge >= 0.3 is 5.97 Å². The lowest BCUT2D eigenvalue weighted by molar-refractivity contribution is -0.212. The molecule has 3 unspecified atom stereocenters. The van der Waals surface area contributed by atoms with Gasteiger partial charge in [-0.25, -0.2) is 0 Å². The molecule has 2 saturated heterocycles. The molecule has 0 aromatic heterocycles. The van der Waals surface area contributed by atoms with Crippen LogP contribution in [0.4, 0.5) is 0 Å². The summed E-state index contributed by atoms with van der Waals surface area (Å²) in [6.45, 7) is 1.82. The van der Waals surface area contributed by atoms with Crippen molar-refractivity contribution in [3.05, 3.63) is 12.2 Å². The van der Waals surface area contributed by atoms with Crippen molar-refractivity contribution in [2.45, 2.75) is 31.5 Å². The first-order chi connectivity index (χ1) is 7.08. The summed E-state index contributed by atoms with van der Waals surface area (Å²) >= 11 is 0. The maximum Gasteiger partial charge on any atom is 0.320 e. The van der Waals surface area contributed by atoms with Gasteiger partial charge in [-0.2, -0.15) is 0 Å². The molecule has 6 atom stereocenters. The lowest BCUT2D eigenvalue weighted by Gasteiger charge is -2.40. The number of carbonyl (C=O) groups is 1. The van der Waals surface area contributed by atoms with Crippen LogP contribution in [0.15, 0.2) is 12.2 Å². The second kappa shape index (κ2) is 2.61. The number of allylic oxidation sites excluding steroid dienone is 1. The average Bonchev–Trinajstić information content (AvgIpc) is 2.62. The fourth-order valence-corrected chi connectivity index (χ4v) is 2.88. The highest BCUT2D eigenvalue weighted by Gasteiger charge is 2.72. The molecule has 3 aliphatic rings.